The van der Waals surface area contributed by atoms with Crippen LogP contribution in [0.5, 0.6) is 0 Å². The fourth-order valence-corrected chi connectivity index (χ4v) is 0.0722. The molecule has 1 aliphatic rings. The summed E-state index contributed by atoms with van der Waals surface area (Å²) in [5, 5.41) is 0. The SMILES string of the molecule is C1#COC1. The Labute approximate surface area is 24.6 Å². The fraction of sp³-hybridized carbons (Fsp3) is 0.333. The molecule has 20 valence electrons. The van der Waals surface area contributed by atoms with E-state index in [1.807, 2.05) is 0 Å². The van der Waals surface area contributed by atoms with Gasteiger partial charge in [0.05, 0.1) is 0 Å². The van der Waals surface area contributed by atoms with Gasteiger partial charge in [-0.2, -0.15) is 0 Å². The molecule has 1 nitrogen and oxygen atoms in total. The van der Waals surface area contributed by atoms with E-state index in [1.54, 1.807) is 0 Å². The van der Waals surface area contributed by atoms with Gasteiger partial charge in [0.15, 0.2) is 6.61 Å². The molecule has 0 saturated heterocycles. The highest BCUT2D eigenvalue weighted by Crippen LogP contribution is 1.73. The van der Waals surface area contributed by atoms with Crippen molar-refractivity contribution in [2.45, 2.75) is 0 Å². The lowest BCUT2D eigenvalue weighted by Crippen LogP contribution is -1.89. The largest absolute Gasteiger partial charge is 0.433 e. The molecule has 0 aromatic carbocycles. The van der Waals surface area contributed by atoms with Crippen molar-refractivity contribution in [3.8, 4) is 12.0 Å². The Hall–Kier alpha value is -0.640. The summed E-state index contributed by atoms with van der Waals surface area (Å²) in [5.41, 5.74) is 0. The van der Waals surface area contributed by atoms with Crippen molar-refractivity contribution in [1.82, 2.24) is 0 Å². The minimum atomic E-state index is 0.639. The Bertz CT molecular complexity index is 57.1. The highest BCUT2D eigenvalue weighted by Gasteiger charge is 1.77. The monoisotopic (exact) mass is 54.0 g/mol. The Balaban J connectivity index is 2.69. The van der Waals surface area contributed by atoms with Gasteiger partial charge in [0.1, 0.15) is 6.11 Å². The second-order valence-electron chi connectivity index (χ2n) is 0.568. The first kappa shape index (κ1) is 1.66. The van der Waals surface area contributed by atoms with Gasteiger partial charge in [-0.05, 0) is 5.92 Å². The molecule has 0 atom stereocenters. The molecule has 1 rings (SSSR count). The molecule has 0 fully saturated rings. The zero-order chi connectivity index (χ0) is 2.83. The molecule has 0 N–H and O–H groups in total. The standard InChI is InChI=1S/C3H2O/c1-2-4-3-1/h2H2. The van der Waals surface area contributed by atoms with Crippen molar-refractivity contribution in [3.05, 3.63) is 0 Å². The molecule has 0 aromatic heterocycles. The van der Waals surface area contributed by atoms with E-state index in [1.165, 1.54) is 0 Å². The topological polar surface area (TPSA) is 9.23 Å². The Morgan fingerprint density at radius 1 is 1.75 bits per heavy atom. The summed E-state index contributed by atoms with van der Waals surface area (Å²) in [4.78, 5) is 0. The molecule has 0 spiro atoms. The molecule has 1 heteroatoms. The lowest BCUT2D eigenvalue weighted by Gasteiger charge is -1.90. The van der Waals surface area contributed by atoms with Crippen molar-refractivity contribution in [3.63, 3.8) is 0 Å². The average Bonchev–Trinajstić information content (AvgIpc) is 0.722. The van der Waals surface area contributed by atoms with Crippen LogP contribution in [0.15, 0.2) is 0 Å². The summed E-state index contributed by atoms with van der Waals surface area (Å²) in [5.74, 6) is 2.64. The number of ether oxygens (including phenoxy) is 1. The molecule has 1 heterocycles. The quantitative estimate of drug-likeness (QED) is 0.353. The zero-order valence-corrected chi connectivity index (χ0v) is 2.12. The van der Waals surface area contributed by atoms with Crippen LogP contribution in [0.4, 0.5) is 0 Å². The number of hydrogen-bond acceptors (Lipinski definition) is 1. The van der Waals surface area contributed by atoms with Gasteiger partial charge in [0.25, 0.3) is 0 Å². The summed E-state index contributed by atoms with van der Waals surface area (Å²) in [6.45, 7) is 0.639. The number of hydrogen-bond donors (Lipinski definition) is 0. The van der Waals surface area contributed by atoms with E-state index in [4.69, 9.17) is 0 Å². The van der Waals surface area contributed by atoms with Crippen molar-refractivity contribution < 1.29 is 4.74 Å². The van der Waals surface area contributed by atoms with Crippen LogP contribution < -0.4 is 0 Å². The Kier molecular flexibility index (Phi) is 0.160. The van der Waals surface area contributed by atoms with Crippen LogP contribution in [0.3, 0.4) is 0 Å². The predicted molar refractivity (Wildman–Crippen MR) is 13.7 cm³/mol. The van der Waals surface area contributed by atoms with Gasteiger partial charge in [-0.1, -0.05) is 0 Å². The highest BCUT2D eigenvalue weighted by molar-refractivity contribution is 5.00. The zero-order valence-electron chi connectivity index (χ0n) is 2.12. The minimum Gasteiger partial charge on any atom is -0.433 e. The maximum atomic E-state index is 4.36. The molecule has 0 radical (unpaired) electrons. The van der Waals surface area contributed by atoms with Gasteiger partial charge in [-0.25, -0.2) is 0 Å². The third-order valence-corrected chi connectivity index (χ3v) is 0.289. The summed E-state index contributed by atoms with van der Waals surface area (Å²) in [6, 6.07) is 0. The van der Waals surface area contributed by atoms with Gasteiger partial charge in [-0.3, -0.25) is 0 Å². The van der Waals surface area contributed by atoms with Crippen LogP contribution in [0.1, 0.15) is 0 Å². The summed E-state index contributed by atoms with van der Waals surface area (Å²) in [7, 11) is 0. The van der Waals surface area contributed by atoms with E-state index in [0.29, 0.717) is 6.61 Å². The van der Waals surface area contributed by atoms with E-state index in [0.717, 1.165) is 0 Å². The van der Waals surface area contributed by atoms with Gasteiger partial charge in [0, 0.05) is 0 Å². The third kappa shape index (κ3) is 0.0156. The van der Waals surface area contributed by atoms with Crippen LogP contribution in [0.25, 0.3) is 0 Å². The Morgan fingerprint density at radius 3 is 2.00 bits per heavy atom. The molecule has 0 amide bonds. The molecule has 4 heavy (non-hydrogen) atoms. The minimum absolute atomic E-state index is 0.639. The van der Waals surface area contributed by atoms with Gasteiger partial charge in [-0.15, -0.1) is 0 Å². The number of rotatable bonds is 0. The maximum Gasteiger partial charge on any atom is 0.164 e. The van der Waals surface area contributed by atoms with Crippen molar-refractivity contribution >= 4 is 0 Å². The lowest BCUT2D eigenvalue weighted by atomic mass is 10.7. The molecule has 0 saturated carbocycles. The van der Waals surface area contributed by atoms with Crippen molar-refractivity contribution in [1.29, 1.82) is 0 Å². The van der Waals surface area contributed by atoms with Crippen LogP contribution in [-0.2, 0) is 4.74 Å². The molecule has 0 aromatic rings. The third-order valence-electron chi connectivity index (χ3n) is 0.289. The molecule has 0 aliphatic carbocycles. The van der Waals surface area contributed by atoms with Crippen LogP contribution >= 0.6 is 0 Å². The van der Waals surface area contributed by atoms with Gasteiger partial charge >= 0.3 is 0 Å². The van der Waals surface area contributed by atoms with Crippen LogP contribution in [0, 0.1) is 12.0 Å². The van der Waals surface area contributed by atoms with Crippen LogP contribution in [0.2, 0.25) is 0 Å². The fourth-order valence-electron chi connectivity index (χ4n) is 0.0722. The molecule has 1 aliphatic heterocycles. The molecular formula is C3H2O. The van der Waals surface area contributed by atoms with E-state index in [-0.39, 0.29) is 0 Å². The first-order valence-corrected chi connectivity index (χ1v) is 1.10. The van der Waals surface area contributed by atoms with E-state index in [9.17, 15) is 0 Å². The van der Waals surface area contributed by atoms with E-state index >= 15 is 0 Å². The van der Waals surface area contributed by atoms with E-state index < -0.39 is 0 Å². The van der Waals surface area contributed by atoms with Crippen LogP contribution in [-0.4, -0.2) is 6.61 Å². The van der Waals surface area contributed by atoms with Crippen molar-refractivity contribution in [2.75, 3.05) is 6.61 Å². The molecular weight excluding hydrogens is 52.0 g/mol. The average molecular weight is 54.0 g/mol. The maximum absolute atomic E-state index is 4.36. The van der Waals surface area contributed by atoms with Gasteiger partial charge < -0.3 is 4.74 Å². The summed E-state index contributed by atoms with van der Waals surface area (Å²) < 4.78 is 4.36. The smallest absolute Gasteiger partial charge is 0.164 e. The summed E-state index contributed by atoms with van der Waals surface area (Å²) in [6.07, 6.45) is 2.36. The first-order chi connectivity index (χ1) is 2.00. The normalized spacial score (nSPS) is 14.0. The molecule has 0 bridgehead atoms. The first-order valence-electron chi connectivity index (χ1n) is 1.10. The van der Waals surface area contributed by atoms with Gasteiger partial charge in [0.2, 0.25) is 0 Å². The van der Waals surface area contributed by atoms with Crippen molar-refractivity contribution in [2.24, 2.45) is 0 Å². The second kappa shape index (κ2) is 0.387. The second-order valence-corrected chi connectivity index (χ2v) is 0.568. The Morgan fingerprint density at radius 2 is 2.00 bits per heavy atom. The van der Waals surface area contributed by atoms with E-state index in [2.05, 4.69) is 16.8 Å². The lowest BCUT2D eigenvalue weighted by molar-refractivity contribution is 0.296. The predicted octanol–water partition coefficient (Wildman–Crippen LogP) is -0.0225. The highest BCUT2D eigenvalue weighted by atomic mass is 16.5. The molecule has 0 unspecified atom stereocenters. The summed E-state index contributed by atoms with van der Waals surface area (Å²) >= 11 is 0.